The minimum atomic E-state index is -0.430. The van der Waals surface area contributed by atoms with Gasteiger partial charge in [-0.25, -0.2) is 9.37 Å². The van der Waals surface area contributed by atoms with Crippen molar-refractivity contribution in [1.29, 1.82) is 0 Å². The number of nitrogens with zero attached hydrogens (tertiary/aromatic N) is 4. The lowest BCUT2D eigenvalue weighted by Crippen LogP contribution is -2.38. The van der Waals surface area contributed by atoms with Crippen molar-refractivity contribution in [2.75, 3.05) is 6.54 Å². The molecule has 3 aromatic rings. The molecular formula is C19H17FN6O. The van der Waals surface area contributed by atoms with Gasteiger partial charge in [-0.1, -0.05) is 6.08 Å². The van der Waals surface area contributed by atoms with Crippen LogP contribution in [-0.2, 0) is 4.79 Å². The second kappa shape index (κ2) is 6.15. The minimum absolute atomic E-state index is 0.0601. The maximum Gasteiger partial charge on any atom is 0.246 e. The van der Waals surface area contributed by atoms with Gasteiger partial charge in [-0.05, 0) is 31.1 Å². The molecular weight excluding hydrogens is 347 g/mol. The van der Waals surface area contributed by atoms with Crippen molar-refractivity contribution < 1.29 is 9.18 Å². The molecule has 8 heteroatoms. The van der Waals surface area contributed by atoms with Gasteiger partial charge in [-0.15, -0.1) is 0 Å². The Hall–Kier alpha value is -3.29. The van der Waals surface area contributed by atoms with Crippen LogP contribution in [0.25, 0.3) is 22.6 Å². The molecule has 3 aromatic heterocycles. The number of nitrogens with one attached hydrogen (secondary N) is 2. The number of carbonyl (C=O) groups is 1. The maximum atomic E-state index is 15.0. The quantitative estimate of drug-likeness (QED) is 0.747. The highest BCUT2D eigenvalue weighted by molar-refractivity contribution is 5.89. The molecule has 136 valence electrons. The fourth-order valence-corrected chi connectivity index (χ4v) is 4.03. The first-order valence-corrected chi connectivity index (χ1v) is 8.89. The van der Waals surface area contributed by atoms with Gasteiger partial charge in [0.05, 0.1) is 17.6 Å². The highest BCUT2D eigenvalue weighted by Crippen LogP contribution is 2.37. The summed E-state index contributed by atoms with van der Waals surface area (Å²) in [7, 11) is 0. The van der Waals surface area contributed by atoms with E-state index in [0.717, 1.165) is 25.2 Å². The molecule has 1 amide bonds. The molecule has 1 fully saturated rings. The zero-order valence-electron chi connectivity index (χ0n) is 14.4. The molecule has 0 spiro atoms. The highest BCUT2D eigenvalue weighted by atomic mass is 19.1. The molecule has 0 radical (unpaired) electrons. The Bertz CT molecular complexity index is 1020. The molecule has 1 saturated heterocycles. The van der Waals surface area contributed by atoms with Gasteiger partial charge in [0.2, 0.25) is 5.91 Å². The summed E-state index contributed by atoms with van der Waals surface area (Å²) in [6.07, 6.45) is 10.00. The Morgan fingerprint density at radius 3 is 2.96 bits per heavy atom. The number of hydrogen-bond donors (Lipinski definition) is 2. The summed E-state index contributed by atoms with van der Waals surface area (Å²) in [6.45, 7) is 0.724. The molecule has 0 saturated carbocycles. The van der Waals surface area contributed by atoms with Gasteiger partial charge in [-0.3, -0.25) is 14.9 Å². The number of carbonyl (C=O) groups excluding carboxylic acids is 1. The predicted molar refractivity (Wildman–Crippen MR) is 96.0 cm³/mol. The summed E-state index contributed by atoms with van der Waals surface area (Å²) >= 11 is 0. The van der Waals surface area contributed by atoms with Crippen LogP contribution in [0.2, 0.25) is 0 Å². The van der Waals surface area contributed by atoms with Crippen LogP contribution < -0.4 is 0 Å². The van der Waals surface area contributed by atoms with Crippen LogP contribution >= 0.6 is 0 Å². The summed E-state index contributed by atoms with van der Waals surface area (Å²) in [6, 6.07) is 3.42. The van der Waals surface area contributed by atoms with Gasteiger partial charge in [-0.2, -0.15) is 5.10 Å². The van der Waals surface area contributed by atoms with Gasteiger partial charge >= 0.3 is 0 Å². The van der Waals surface area contributed by atoms with Gasteiger partial charge in [0.1, 0.15) is 11.5 Å². The number of hydrogen-bond acceptors (Lipinski definition) is 4. The van der Waals surface area contributed by atoms with E-state index in [2.05, 4.69) is 25.1 Å². The summed E-state index contributed by atoms with van der Waals surface area (Å²) in [5.74, 6) is 0.551. The Kier molecular flexibility index (Phi) is 3.63. The van der Waals surface area contributed by atoms with Crippen LogP contribution in [0.1, 0.15) is 24.6 Å². The van der Waals surface area contributed by atoms with E-state index in [0.29, 0.717) is 17.0 Å². The second-order valence-corrected chi connectivity index (χ2v) is 6.81. The SMILES string of the molecule is O=C1C=CCC2C(c3ncc(-c4ccnc(-c5ccn[nH]5)c4F)[nH]3)CCN12. The Morgan fingerprint density at radius 2 is 2.11 bits per heavy atom. The number of fused-ring (bicyclic) bond motifs is 1. The average Bonchev–Trinajstić information content (AvgIpc) is 3.42. The number of halogens is 1. The number of H-pyrrole nitrogens is 2. The Labute approximate surface area is 154 Å². The predicted octanol–water partition coefficient (Wildman–Crippen LogP) is 2.65. The monoisotopic (exact) mass is 364 g/mol. The molecule has 5 rings (SSSR count). The molecule has 7 nitrogen and oxygen atoms in total. The summed E-state index contributed by atoms with van der Waals surface area (Å²) in [5.41, 5.74) is 1.74. The van der Waals surface area contributed by atoms with Crippen LogP contribution in [0.15, 0.2) is 42.9 Å². The molecule has 2 unspecified atom stereocenters. The first-order chi connectivity index (χ1) is 13.2. The van der Waals surface area contributed by atoms with E-state index >= 15 is 4.39 Å². The Morgan fingerprint density at radius 1 is 1.19 bits per heavy atom. The molecule has 5 heterocycles. The van der Waals surface area contributed by atoms with Crippen molar-refractivity contribution in [2.24, 2.45) is 0 Å². The fraction of sp³-hybridized carbons (Fsp3) is 0.263. The van der Waals surface area contributed by atoms with E-state index in [1.807, 2.05) is 11.0 Å². The first-order valence-electron chi connectivity index (χ1n) is 8.89. The van der Waals surface area contributed by atoms with E-state index in [1.54, 1.807) is 36.8 Å². The van der Waals surface area contributed by atoms with Crippen LogP contribution in [0.5, 0.6) is 0 Å². The van der Waals surface area contributed by atoms with Gasteiger partial charge in [0.15, 0.2) is 5.82 Å². The lowest BCUT2D eigenvalue weighted by atomic mass is 9.95. The average molecular weight is 364 g/mol. The summed E-state index contributed by atoms with van der Waals surface area (Å²) in [5, 5.41) is 6.59. The summed E-state index contributed by atoms with van der Waals surface area (Å²) < 4.78 is 15.0. The van der Waals surface area contributed by atoms with Gasteiger partial charge in [0, 0.05) is 36.5 Å². The van der Waals surface area contributed by atoms with E-state index in [9.17, 15) is 4.79 Å². The van der Waals surface area contributed by atoms with Crippen molar-refractivity contribution in [1.82, 2.24) is 30.0 Å². The molecule has 0 aliphatic carbocycles. The minimum Gasteiger partial charge on any atom is -0.342 e. The van der Waals surface area contributed by atoms with Crippen molar-refractivity contribution in [3.8, 4) is 22.6 Å². The van der Waals surface area contributed by atoms with Crippen molar-refractivity contribution >= 4 is 5.91 Å². The van der Waals surface area contributed by atoms with Gasteiger partial charge < -0.3 is 9.88 Å². The third kappa shape index (κ3) is 2.56. The zero-order valence-corrected chi connectivity index (χ0v) is 14.4. The number of pyridine rings is 1. The van der Waals surface area contributed by atoms with E-state index in [4.69, 9.17) is 0 Å². The standard InChI is InChI=1S/C19H17FN6O/c20-17-11(4-7-21-18(17)13-5-8-23-25-13)14-10-22-19(24-14)12-6-9-26-15(12)2-1-3-16(26)27/h1,3-5,7-8,10,12,15H,2,6,9H2,(H,22,24)(H,23,25). The molecule has 2 N–H and O–H groups in total. The van der Waals surface area contributed by atoms with Gasteiger partial charge in [0.25, 0.3) is 0 Å². The number of rotatable bonds is 3. The van der Waals surface area contributed by atoms with Crippen LogP contribution in [0.3, 0.4) is 0 Å². The zero-order chi connectivity index (χ0) is 18.4. The molecule has 27 heavy (non-hydrogen) atoms. The topological polar surface area (TPSA) is 90.6 Å². The lowest BCUT2D eigenvalue weighted by molar-refractivity contribution is -0.127. The van der Waals surface area contributed by atoms with Crippen molar-refractivity contribution in [3.05, 3.63) is 54.5 Å². The summed E-state index contributed by atoms with van der Waals surface area (Å²) in [4.78, 5) is 25.8. The second-order valence-electron chi connectivity index (χ2n) is 6.81. The maximum absolute atomic E-state index is 15.0. The van der Waals surface area contributed by atoms with E-state index in [-0.39, 0.29) is 23.6 Å². The third-order valence-corrected chi connectivity index (χ3v) is 5.35. The molecule has 2 atom stereocenters. The van der Waals surface area contributed by atoms with E-state index < -0.39 is 5.82 Å². The van der Waals surface area contributed by atoms with Crippen LogP contribution in [0.4, 0.5) is 4.39 Å². The molecule has 0 bridgehead atoms. The van der Waals surface area contributed by atoms with Crippen molar-refractivity contribution in [3.63, 3.8) is 0 Å². The third-order valence-electron chi connectivity index (χ3n) is 5.35. The fourth-order valence-electron chi connectivity index (χ4n) is 4.03. The molecule has 2 aliphatic rings. The van der Waals surface area contributed by atoms with Crippen LogP contribution in [-0.4, -0.2) is 48.5 Å². The van der Waals surface area contributed by atoms with E-state index in [1.165, 1.54) is 0 Å². The highest BCUT2D eigenvalue weighted by Gasteiger charge is 2.39. The van der Waals surface area contributed by atoms with Crippen LogP contribution in [0, 0.1) is 5.82 Å². The van der Waals surface area contributed by atoms with Crippen molar-refractivity contribution in [2.45, 2.75) is 24.8 Å². The number of amides is 1. The Balaban J connectivity index is 1.48. The number of imidazole rings is 1. The number of aromatic nitrogens is 5. The first kappa shape index (κ1) is 15.9. The normalized spacial score (nSPS) is 21.7. The lowest BCUT2D eigenvalue weighted by Gasteiger charge is -2.28. The molecule has 0 aromatic carbocycles. The molecule has 2 aliphatic heterocycles. The number of aromatic amines is 2. The largest absolute Gasteiger partial charge is 0.342 e. The smallest absolute Gasteiger partial charge is 0.246 e.